The molecular weight excluding hydrogens is 257 g/mol. The van der Waals surface area contributed by atoms with Crippen LogP contribution in [0.3, 0.4) is 0 Å². The minimum absolute atomic E-state index is 0.00336. The molecule has 2 N–H and O–H groups in total. The predicted octanol–water partition coefficient (Wildman–Crippen LogP) is 1.12. The Balaban J connectivity index is 2.85. The molecule has 0 spiro atoms. The highest BCUT2D eigenvalue weighted by Crippen LogP contribution is 2.25. The third-order valence-corrected chi connectivity index (χ3v) is 3.28. The maximum absolute atomic E-state index is 10.2. The maximum Gasteiger partial charge on any atom is 0.491 e. The fourth-order valence-electron chi connectivity index (χ4n) is 1.38. The summed E-state index contributed by atoms with van der Waals surface area (Å²) in [5.74, 6) is 0.432. The third-order valence-electron chi connectivity index (χ3n) is 3.28. The molecule has 0 radical (unpaired) electrons. The third kappa shape index (κ3) is 4.47. The summed E-state index contributed by atoms with van der Waals surface area (Å²) in [4.78, 5) is 4.07. The quantitative estimate of drug-likeness (QED) is 0.765. The lowest BCUT2D eigenvalue weighted by molar-refractivity contribution is -0.0982. The molecule has 5 nitrogen and oxygen atoms in total. The Morgan fingerprint density at radius 2 is 1.85 bits per heavy atom. The van der Waals surface area contributed by atoms with E-state index in [-0.39, 0.29) is 6.10 Å². The summed E-state index contributed by atoms with van der Waals surface area (Å²) in [6.45, 7) is 10.5. The van der Waals surface area contributed by atoms with Crippen molar-refractivity contribution >= 4 is 12.6 Å². The SMILES string of the molecule is CC(C)Oc1cc(B(O)OC(C)(C)C(C)(C)O)ccn1. The second-order valence-corrected chi connectivity index (χ2v) is 6.13. The Kier molecular flexibility index (Phi) is 5.18. The number of ether oxygens (including phenoxy) is 1. The number of pyridine rings is 1. The van der Waals surface area contributed by atoms with Crippen molar-refractivity contribution in [2.45, 2.75) is 58.8 Å². The Bertz CT molecular complexity index is 443. The Hall–Kier alpha value is -1.11. The van der Waals surface area contributed by atoms with Gasteiger partial charge in [0.2, 0.25) is 5.88 Å². The zero-order chi connectivity index (χ0) is 15.6. The van der Waals surface area contributed by atoms with Crippen LogP contribution in [0.15, 0.2) is 18.3 Å². The van der Waals surface area contributed by atoms with Crippen LogP contribution in [0.2, 0.25) is 0 Å². The molecule has 0 saturated carbocycles. The summed E-state index contributed by atoms with van der Waals surface area (Å²) in [7, 11) is -1.16. The lowest BCUT2D eigenvalue weighted by atomic mass is 9.77. The topological polar surface area (TPSA) is 71.8 Å². The smallest absolute Gasteiger partial charge is 0.475 e. The van der Waals surface area contributed by atoms with Crippen molar-refractivity contribution in [3.63, 3.8) is 0 Å². The van der Waals surface area contributed by atoms with Crippen molar-refractivity contribution in [1.29, 1.82) is 0 Å². The first-order chi connectivity index (χ1) is 9.03. The van der Waals surface area contributed by atoms with Crippen LogP contribution in [-0.2, 0) is 4.65 Å². The van der Waals surface area contributed by atoms with Crippen molar-refractivity contribution in [3.05, 3.63) is 18.3 Å². The van der Waals surface area contributed by atoms with Gasteiger partial charge in [-0.2, -0.15) is 0 Å². The first kappa shape index (κ1) is 16.9. The maximum atomic E-state index is 10.2. The Labute approximate surface area is 121 Å². The highest BCUT2D eigenvalue weighted by molar-refractivity contribution is 6.60. The Morgan fingerprint density at radius 1 is 1.25 bits per heavy atom. The molecule has 0 bridgehead atoms. The monoisotopic (exact) mass is 281 g/mol. The molecule has 1 aromatic heterocycles. The van der Waals surface area contributed by atoms with Crippen molar-refractivity contribution in [1.82, 2.24) is 4.98 Å². The van der Waals surface area contributed by atoms with Gasteiger partial charge in [0.1, 0.15) is 0 Å². The van der Waals surface area contributed by atoms with Crippen molar-refractivity contribution < 1.29 is 19.5 Å². The molecule has 6 heteroatoms. The number of hydrogen-bond donors (Lipinski definition) is 2. The van der Waals surface area contributed by atoms with Crippen molar-refractivity contribution in [3.8, 4) is 5.88 Å². The van der Waals surface area contributed by atoms with Gasteiger partial charge in [0.05, 0.1) is 17.3 Å². The second kappa shape index (κ2) is 6.12. The van der Waals surface area contributed by atoms with E-state index in [2.05, 4.69) is 4.98 Å². The largest absolute Gasteiger partial charge is 0.491 e. The normalized spacial score (nSPS) is 12.7. The van der Waals surface area contributed by atoms with E-state index in [1.165, 1.54) is 0 Å². The van der Waals surface area contributed by atoms with Crippen LogP contribution in [0.4, 0.5) is 0 Å². The molecular formula is C14H24BNO4. The van der Waals surface area contributed by atoms with Gasteiger partial charge in [-0.1, -0.05) is 0 Å². The lowest BCUT2D eigenvalue weighted by Gasteiger charge is -2.38. The molecule has 1 aromatic rings. The van der Waals surface area contributed by atoms with E-state index < -0.39 is 18.3 Å². The lowest BCUT2D eigenvalue weighted by Crippen LogP contribution is -2.53. The number of hydrogen-bond acceptors (Lipinski definition) is 5. The highest BCUT2D eigenvalue weighted by Gasteiger charge is 2.39. The summed E-state index contributed by atoms with van der Waals surface area (Å²) in [6.07, 6.45) is 1.56. The van der Waals surface area contributed by atoms with Gasteiger partial charge in [0.25, 0.3) is 0 Å². The van der Waals surface area contributed by atoms with Crippen molar-refractivity contribution in [2.24, 2.45) is 0 Å². The summed E-state index contributed by atoms with van der Waals surface area (Å²) >= 11 is 0. The van der Waals surface area contributed by atoms with Gasteiger partial charge in [0, 0.05) is 12.3 Å². The first-order valence-electron chi connectivity index (χ1n) is 6.74. The van der Waals surface area contributed by atoms with Crippen LogP contribution >= 0.6 is 0 Å². The molecule has 20 heavy (non-hydrogen) atoms. The number of aromatic nitrogens is 1. The van der Waals surface area contributed by atoms with Gasteiger partial charge < -0.3 is 19.5 Å². The molecule has 0 amide bonds. The number of nitrogens with zero attached hydrogens (tertiary/aromatic N) is 1. The zero-order valence-corrected chi connectivity index (χ0v) is 13.0. The minimum atomic E-state index is -1.16. The molecule has 0 aliphatic carbocycles. The van der Waals surface area contributed by atoms with Gasteiger partial charge >= 0.3 is 7.12 Å². The average Bonchev–Trinajstić information content (AvgIpc) is 2.26. The first-order valence-corrected chi connectivity index (χ1v) is 6.74. The summed E-state index contributed by atoms with van der Waals surface area (Å²) < 4.78 is 11.0. The number of rotatable bonds is 6. The van der Waals surface area contributed by atoms with Gasteiger partial charge in [-0.05, 0) is 53.1 Å². The standard InChI is InChI=1S/C14H24BNO4/c1-10(2)19-12-9-11(7-8-16-12)15(18)20-14(5,6)13(3,4)17/h7-10,17-18H,1-6H3. The van der Waals surface area contributed by atoms with E-state index in [0.29, 0.717) is 11.3 Å². The molecule has 0 saturated heterocycles. The minimum Gasteiger partial charge on any atom is -0.475 e. The number of aliphatic hydroxyl groups is 1. The summed E-state index contributed by atoms with van der Waals surface area (Å²) in [6, 6.07) is 3.28. The van der Waals surface area contributed by atoms with Gasteiger partial charge in [-0.3, -0.25) is 0 Å². The summed E-state index contributed by atoms with van der Waals surface area (Å²) in [5.41, 5.74) is -1.46. The van der Waals surface area contributed by atoms with E-state index in [1.807, 2.05) is 13.8 Å². The van der Waals surface area contributed by atoms with E-state index >= 15 is 0 Å². The fraction of sp³-hybridized carbons (Fsp3) is 0.643. The molecule has 0 aromatic carbocycles. The van der Waals surface area contributed by atoms with E-state index in [4.69, 9.17) is 9.39 Å². The van der Waals surface area contributed by atoms with E-state index in [0.717, 1.165) is 0 Å². The molecule has 112 valence electrons. The predicted molar refractivity (Wildman–Crippen MR) is 79.1 cm³/mol. The van der Waals surface area contributed by atoms with Crippen molar-refractivity contribution in [2.75, 3.05) is 0 Å². The molecule has 0 aliphatic heterocycles. The zero-order valence-electron chi connectivity index (χ0n) is 13.0. The van der Waals surface area contributed by atoms with Crippen LogP contribution in [-0.4, -0.2) is 39.5 Å². The van der Waals surface area contributed by atoms with Gasteiger partial charge in [-0.25, -0.2) is 4.98 Å². The molecule has 0 unspecified atom stereocenters. The van der Waals surface area contributed by atoms with E-state index in [9.17, 15) is 10.1 Å². The molecule has 0 aliphatic rings. The highest BCUT2D eigenvalue weighted by atomic mass is 16.5. The van der Waals surface area contributed by atoms with Crippen LogP contribution in [0.5, 0.6) is 5.88 Å². The van der Waals surface area contributed by atoms with E-state index in [1.54, 1.807) is 46.0 Å². The van der Waals surface area contributed by atoms with Gasteiger partial charge in [0.15, 0.2) is 0 Å². The molecule has 1 heterocycles. The van der Waals surface area contributed by atoms with Crippen LogP contribution in [0.1, 0.15) is 41.5 Å². The average molecular weight is 281 g/mol. The van der Waals surface area contributed by atoms with Gasteiger partial charge in [-0.15, -0.1) is 0 Å². The Morgan fingerprint density at radius 3 is 2.35 bits per heavy atom. The van der Waals surface area contributed by atoms with Crippen LogP contribution in [0.25, 0.3) is 0 Å². The summed E-state index contributed by atoms with van der Waals surface area (Å²) in [5, 5.41) is 20.2. The molecule has 0 fully saturated rings. The van der Waals surface area contributed by atoms with Crippen LogP contribution < -0.4 is 10.2 Å². The molecule has 1 rings (SSSR count). The second-order valence-electron chi connectivity index (χ2n) is 6.13. The molecule has 0 atom stereocenters. The van der Waals surface area contributed by atoms with Crippen LogP contribution in [0, 0.1) is 0 Å². The fourth-order valence-corrected chi connectivity index (χ4v) is 1.38.